The fourth-order valence-corrected chi connectivity index (χ4v) is 3.85. The number of unbranched alkanes of at least 4 members (excludes halogenated alkanes) is 2. The molecule has 4 amide bonds. The van der Waals surface area contributed by atoms with Crippen LogP contribution in [0.5, 0.6) is 5.75 Å². The van der Waals surface area contributed by atoms with Gasteiger partial charge < -0.3 is 49.1 Å². The van der Waals surface area contributed by atoms with Gasteiger partial charge in [-0.05, 0) is 69.3 Å². The number of amides is 4. The van der Waals surface area contributed by atoms with Crippen molar-refractivity contribution < 1.29 is 34.2 Å². The van der Waals surface area contributed by atoms with Crippen molar-refractivity contribution in [3.05, 3.63) is 29.8 Å². The third kappa shape index (κ3) is 13.4. The van der Waals surface area contributed by atoms with Gasteiger partial charge in [0.1, 0.15) is 23.9 Å². The fourth-order valence-electron chi connectivity index (χ4n) is 3.85. The van der Waals surface area contributed by atoms with Crippen LogP contribution in [0, 0.1) is 0 Å². The van der Waals surface area contributed by atoms with Crippen LogP contribution in [-0.4, -0.2) is 77.1 Å². The number of carboxylic acid groups (broad SMARTS) is 1. The first-order valence-electron chi connectivity index (χ1n) is 13.3. The molecule has 0 heterocycles. The predicted octanol–water partition coefficient (Wildman–Crippen LogP) is -1.68. The zero-order valence-electron chi connectivity index (χ0n) is 22.6. The van der Waals surface area contributed by atoms with Gasteiger partial charge in [-0.25, -0.2) is 4.79 Å². The van der Waals surface area contributed by atoms with Crippen molar-refractivity contribution in [2.45, 2.75) is 82.0 Å². The molecule has 0 spiro atoms. The van der Waals surface area contributed by atoms with Crippen molar-refractivity contribution in [3.63, 3.8) is 0 Å². The van der Waals surface area contributed by atoms with Crippen LogP contribution >= 0.6 is 0 Å². The van der Waals surface area contributed by atoms with E-state index in [1.807, 2.05) is 0 Å². The number of aromatic hydroxyl groups is 1. The van der Waals surface area contributed by atoms with E-state index in [4.69, 9.17) is 22.9 Å². The first-order valence-corrected chi connectivity index (χ1v) is 13.3. The minimum absolute atomic E-state index is 0.00138. The van der Waals surface area contributed by atoms with E-state index in [1.54, 1.807) is 0 Å². The second-order valence-corrected chi connectivity index (χ2v) is 9.57. The number of phenolic OH excluding ortho intramolecular Hbond substituents is 1. The molecule has 0 bridgehead atoms. The van der Waals surface area contributed by atoms with E-state index in [0.29, 0.717) is 50.8 Å². The van der Waals surface area contributed by atoms with Gasteiger partial charge in [-0.2, -0.15) is 0 Å². The minimum Gasteiger partial charge on any atom is -0.508 e. The predicted molar refractivity (Wildman–Crippen MR) is 147 cm³/mol. The summed E-state index contributed by atoms with van der Waals surface area (Å²) in [6, 6.07) is 1.21. The number of hydrogen-bond donors (Lipinski definition) is 9. The van der Waals surface area contributed by atoms with Crippen molar-refractivity contribution in [1.82, 2.24) is 16.0 Å². The Kier molecular flexibility index (Phi) is 15.9. The molecule has 0 aliphatic rings. The summed E-state index contributed by atoms with van der Waals surface area (Å²) >= 11 is 0. The first kappa shape index (κ1) is 34.3. The van der Waals surface area contributed by atoms with Gasteiger partial charge in [-0.15, -0.1) is 0 Å². The smallest absolute Gasteiger partial charge is 0.326 e. The van der Waals surface area contributed by atoms with Gasteiger partial charge in [0, 0.05) is 12.8 Å². The maximum Gasteiger partial charge on any atom is 0.326 e. The lowest BCUT2D eigenvalue weighted by molar-refractivity contribution is -0.142. The van der Waals surface area contributed by atoms with Crippen molar-refractivity contribution >= 4 is 29.6 Å². The van der Waals surface area contributed by atoms with Crippen LogP contribution in [0.1, 0.15) is 56.9 Å². The molecule has 0 aromatic heterocycles. The number of rotatable bonds is 20. The zero-order valence-corrected chi connectivity index (χ0v) is 22.6. The second-order valence-electron chi connectivity index (χ2n) is 9.57. The van der Waals surface area contributed by atoms with E-state index in [1.165, 1.54) is 24.3 Å². The quantitative estimate of drug-likeness (QED) is 0.0810. The number of carbonyl (C=O) groups excluding carboxylic acids is 4. The molecule has 0 saturated heterocycles. The van der Waals surface area contributed by atoms with Gasteiger partial charge in [0.05, 0.1) is 6.04 Å². The van der Waals surface area contributed by atoms with Crippen LogP contribution in [0.3, 0.4) is 0 Å². The average Bonchev–Trinajstić information content (AvgIpc) is 2.90. The molecule has 4 atom stereocenters. The molecule has 1 aromatic rings. The number of carbonyl (C=O) groups is 5. The molecule has 40 heavy (non-hydrogen) atoms. The molecule has 0 fully saturated rings. The van der Waals surface area contributed by atoms with E-state index < -0.39 is 53.8 Å². The van der Waals surface area contributed by atoms with Crippen molar-refractivity contribution in [2.24, 2.45) is 22.9 Å². The Morgan fingerprint density at radius 3 is 1.75 bits per heavy atom. The number of hydrogen-bond acceptors (Lipinski definition) is 9. The third-order valence-electron chi connectivity index (χ3n) is 6.19. The SMILES string of the molecule is NCCCCC(N)C(=O)NC(CCCCN)C(=O)NC(CCC(N)=O)C(=O)NC(Cc1ccc(O)cc1)C(=O)O. The van der Waals surface area contributed by atoms with Gasteiger partial charge in [-0.1, -0.05) is 18.6 Å². The van der Waals surface area contributed by atoms with Crippen molar-refractivity contribution in [2.75, 3.05) is 13.1 Å². The molecule has 0 radical (unpaired) electrons. The third-order valence-corrected chi connectivity index (χ3v) is 6.19. The second kappa shape index (κ2) is 18.5. The molecule has 0 saturated carbocycles. The van der Waals surface area contributed by atoms with E-state index in [2.05, 4.69) is 16.0 Å². The summed E-state index contributed by atoms with van der Waals surface area (Å²) in [5.41, 5.74) is 22.8. The van der Waals surface area contributed by atoms with Crippen molar-refractivity contribution in [1.29, 1.82) is 0 Å². The Bertz CT molecular complexity index is 975. The summed E-state index contributed by atoms with van der Waals surface area (Å²) in [4.78, 5) is 62.2. The Morgan fingerprint density at radius 2 is 1.23 bits per heavy atom. The highest BCUT2D eigenvalue weighted by molar-refractivity contribution is 5.94. The highest BCUT2D eigenvalue weighted by Gasteiger charge is 2.30. The lowest BCUT2D eigenvalue weighted by Gasteiger charge is -2.25. The molecule has 13 N–H and O–H groups in total. The number of aliphatic carboxylic acids is 1. The Hall–Kier alpha value is -3.75. The van der Waals surface area contributed by atoms with Gasteiger partial charge in [0.2, 0.25) is 23.6 Å². The number of phenols is 1. The maximum atomic E-state index is 13.2. The van der Waals surface area contributed by atoms with Crippen LogP contribution in [0.25, 0.3) is 0 Å². The summed E-state index contributed by atoms with van der Waals surface area (Å²) in [5, 5.41) is 26.6. The number of carboxylic acids is 1. The summed E-state index contributed by atoms with van der Waals surface area (Å²) in [6.45, 7) is 0.840. The lowest BCUT2D eigenvalue weighted by Crippen LogP contribution is -2.57. The largest absolute Gasteiger partial charge is 0.508 e. The first-order chi connectivity index (χ1) is 19.0. The highest BCUT2D eigenvalue weighted by atomic mass is 16.4. The standard InChI is InChI=1S/C26H43N7O7/c27-13-3-1-5-18(29)23(36)31-19(6-2-4-14-28)24(37)32-20(11-12-22(30)35)25(38)33-21(26(39)40)15-16-7-9-17(34)10-8-16/h7-10,18-21,34H,1-6,11-15,27-29H2,(H2,30,35)(H,31,36)(H,32,37)(H,33,38)(H,39,40). The van der Waals surface area contributed by atoms with Crippen LogP contribution in [0.15, 0.2) is 24.3 Å². The van der Waals surface area contributed by atoms with Gasteiger partial charge in [-0.3, -0.25) is 19.2 Å². The monoisotopic (exact) mass is 565 g/mol. The summed E-state index contributed by atoms with van der Waals surface area (Å²) < 4.78 is 0. The van der Waals surface area contributed by atoms with E-state index in [-0.39, 0.29) is 31.4 Å². The van der Waals surface area contributed by atoms with Gasteiger partial charge in [0.25, 0.3) is 0 Å². The van der Waals surface area contributed by atoms with Gasteiger partial charge >= 0.3 is 5.97 Å². The normalized spacial score (nSPS) is 13.9. The van der Waals surface area contributed by atoms with E-state index >= 15 is 0 Å². The van der Waals surface area contributed by atoms with Crippen LogP contribution in [0.2, 0.25) is 0 Å². The molecule has 1 aromatic carbocycles. The number of benzene rings is 1. The Labute approximate surface area is 233 Å². The summed E-state index contributed by atoms with van der Waals surface area (Å²) in [6.07, 6.45) is 2.47. The Morgan fingerprint density at radius 1 is 0.725 bits per heavy atom. The molecule has 0 aliphatic heterocycles. The number of nitrogens with one attached hydrogen (secondary N) is 3. The Balaban J connectivity index is 3.02. The number of primary amides is 1. The molecular formula is C26H43N7O7. The fraction of sp³-hybridized carbons (Fsp3) is 0.577. The van der Waals surface area contributed by atoms with Crippen LogP contribution in [-0.2, 0) is 30.4 Å². The lowest BCUT2D eigenvalue weighted by atomic mass is 10.0. The van der Waals surface area contributed by atoms with Crippen LogP contribution < -0.4 is 38.9 Å². The topological polar surface area (TPSA) is 266 Å². The number of nitrogens with two attached hydrogens (primary N) is 4. The molecule has 1 rings (SSSR count). The zero-order chi connectivity index (χ0) is 30.1. The molecular weight excluding hydrogens is 522 g/mol. The average molecular weight is 566 g/mol. The summed E-state index contributed by atoms with van der Waals surface area (Å²) in [7, 11) is 0. The van der Waals surface area contributed by atoms with E-state index in [9.17, 15) is 34.2 Å². The maximum absolute atomic E-state index is 13.2. The molecule has 4 unspecified atom stereocenters. The van der Waals surface area contributed by atoms with E-state index in [0.717, 1.165) is 0 Å². The van der Waals surface area contributed by atoms with Crippen molar-refractivity contribution in [3.8, 4) is 5.75 Å². The van der Waals surface area contributed by atoms with Gasteiger partial charge in [0.15, 0.2) is 0 Å². The minimum atomic E-state index is -1.36. The molecule has 14 heteroatoms. The highest BCUT2D eigenvalue weighted by Crippen LogP contribution is 2.12. The summed E-state index contributed by atoms with van der Waals surface area (Å²) in [5.74, 6) is -4.12. The molecule has 14 nitrogen and oxygen atoms in total. The van der Waals surface area contributed by atoms with Crippen LogP contribution in [0.4, 0.5) is 0 Å². The molecule has 224 valence electrons. The molecule has 0 aliphatic carbocycles.